The van der Waals surface area contributed by atoms with Crippen LogP contribution in [0, 0.1) is 45.1 Å². The van der Waals surface area contributed by atoms with Gasteiger partial charge in [0.25, 0.3) is 30.1 Å². The summed E-state index contributed by atoms with van der Waals surface area (Å²) in [5.74, 6) is -0.404. The maximum atomic E-state index is 13.2. The second kappa shape index (κ2) is 25.0. The van der Waals surface area contributed by atoms with Crippen LogP contribution in [-0.4, -0.2) is 113 Å². The number of carbonyl (C=O) groups is 3. The third-order valence-corrected chi connectivity index (χ3v) is 26.5. The summed E-state index contributed by atoms with van der Waals surface area (Å²) in [7, 11) is -13.6. The first-order valence-electron chi connectivity index (χ1n) is 27.6. The molecule has 29 heteroatoms. The number of rotatable bonds is 18. The van der Waals surface area contributed by atoms with Gasteiger partial charge < -0.3 is 15.3 Å². The number of halogens is 1. The van der Waals surface area contributed by atoms with Crippen molar-refractivity contribution < 1.29 is 55.0 Å². The number of aliphatic carboxylic acids is 3. The number of hydrogen-bond acceptors (Lipinski definition) is 15. The molecule has 12 rings (SSSR count). The van der Waals surface area contributed by atoms with E-state index >= 15 is 0 Å². The summed E-state index contributed by atoms with van der Waals surface area (Å²) in [6.07, 6.45) is 15.3. The average Bonchev–Trinajstić information content (AvgIpc) is 1.56. The molecule has 3 unspecified atom stereocenters. The summed E-state index contributed by atoms with van der Waals surface area (Å²) in [5.41, 5.74) is 2.29. The number of benzene rings is 3. The first-order chi connectivity index (χ1) is 42.5. The van der Waals surface area contributed by atoms with Gasteiger partial charge in [0.1, 0.15) is 52.3 Å². The van der Waals surface area contributed by atoms with Gasteiger partial charge in [0.05, 0.1) is 33.3 Å². The number of terminal acetylenes is 1. The largest absolute Gasteiger partial charge is 0.480 e. The molecule has 9 atom stereocenters. The molecule has 0 saturated heterocycles. The molecule has 6 N–H and O–H groups in total. The van der Waals surface area contributed by atoms with Crippen molar-refractivity contribution in [3.63, 3.8) is 0 Å². The predicted octanol–water partition coefficient (Wildman–Crippen LogP) is 9.22. The zero-order valence-corrected chi connectivity index (χ0v) is 56.7. The van der Waals surface area contributed by atoms with Crippen molar-refractivity contribution in [1.29, 1.82) is 0 Å². The lowest BCUT2D eigenvalue weighted by molar-refractivity contribution is -0.141. The molecule has 6 heterocycles. The van der Waals surface area contributed by atoms with E-state index in [-0.39, 0.29) is 30.4 Å². The fraction of sp³-hybridized carbons (Fsp3) is 0.246. The van der Waals surface area contributed by atoms with Crippen LogP contribution in [0.2, 0.25) is 19.6 Å². The predicted molar refractivity (Wildman–Crippen MR) is 352 cm³/mol. The molecule has 3 saturated carbocycles. The van der Waals surface area contributed by atoms with Crippen molar-refractivity contribution >= 4 is 113 Å². The van der Waals surface area contributed by atoms with Gasteiger partial charge in [-0.3, -0.25) is 14.4 Å². The second-order valence-electron chi connectivity index (χ2n) is 22.7. The van der Waals surface area contributed by atoms with Crippen molar-refractivity contribution in [2.45, 2.75) is 87.4 Å². The number of hydrogen-bond donors (Lipinski definition) is 6. The number of aromatic nitrogens is 6. The molecule has 0 aliphatic heterocycles. The number of sulfonamides is 3. The number of nitrogens with one attached hydrogen (secondary N) is 3. The minimum atomic E-state index is -4.06. The first-order valence-corrected chi connectivity index (χ1v) is 39.0. The molecular weight excluding hydrogens is 1400 g/mol. The molecule has 3 fully saturated rings. The van der Waals surface area contributed by atoms with Gasteiger partial charge >= 0.3 is 17.9 Å². The van der Waals surface area contributed by atoms with Crippen molar-refractivity contribution in [2.75, 3.05) is 0 Å². The van der Waals surface area contributed by atoms with Crippen LogP contribution < -0.4 is 14.2 Å². The van der Waals surface area contributed by atoms with Gasteiger partial charge in [-0.15, -0.1) is 46.0 Å². The Kier molecular flexibility index (Phi) is 18.2. The highest BCUT2D eigenvalue weighted by atomic mass is 127. The minimum Gasteiger partial charge on any atom is -0.480 e. The molecule has 0 radical (unpaired) electrons. The van der Waals surface area contributed by atoms with E-state index in [0.717, 1.165) is 59.8 Å². The van der Waals surface area contributed by atoms with E-state index in [2.05, 4.69) is 89.1 Å². The Bertz CT molecular complexity index is 4660. The third kappa shape index (κ3) is 12.9. The molecule has 3 aliphatic rings. The lowest BCUT2D eigenvalue weighted by Crippen LogP contribution is -2.45. The molecule has 3 aromatic carbocycles. The van der Waals surface area contributed by atoms with Gasteiger partial charge in [0.15, 0.2) is 0 Å². The average molecular weight is 1460 g/mol. The molecule has 0 spiro atoms. The van der Waals surface area contributed by atoms with E-state index in [4.69, 9.17) is 6.42 Å². The fourth-order valence-corrected chi connectivity index (χ4v) is 20.1. The van der Waals surface area contributed by atoms with Crippen LogP contribution in [0.3, 0.4) is 0 Å². The van der Waals surface area contributed by atoms with Gasteiger partial charge in [-0.25, -0.2) is 39.3 Å². The number of thiophene rings is 3. The topological polar surface area (TPSA) is 304 Å². The summed E-state index contributed by atoms with van der Waals surface area (Å²) >= 11 is 5.17. The van der Waals surface area contributed by atoms with E-state index in [1.165, 1.54) is 29.1 Å². The fourth-order valence-electron chi connectivity index (χ4n) is 11.2. The molecular formula is C61H58IN9O12S6Si. The highest BCUT2D eigenvalue weighted by molar-refractivity contribution is 14.1. The SMILES string of the molecule is C#Cc1cnn(-c2ccc(S(=O)(=O)N[C@]3(C(=O)O)C(c4ccccc4)[C@@H]3C)s2)c1.C[C@H]1C(c2ccccc2)[C@]1(NS(=O)(=O)c1ccc(-n2cc(C#C[Si](C)(C)C)cn2)s1)C(=O)O.C[C@H]1C(c2ccccc2)[C@]1(NS(=O)(=O)c1ccc(-n2cc(I)cn2)s1)C(=O)O. The van der Waals surface area contributed by atoms with Crippen molar-refractivity contribution in [2.24, 2.45) is 17.8 Å². The normalized spacial score (nSPS) is 23.3. The van der Waals surface area contributed by atoms with Gasteiger partial charge in [0, 0.05) is 36.3 Å². The Morgan fingerprint density at radius 1 is 0.511 bits per heavy atom. The Balaban J connectivity index is 0.000000149. The zero-order chi connectivity index (χ0) is 64.9. The number of carboxylic acid groups (broad SMARTS) is 3. The Labute approximate surface area is 546 Å². The third-order valence-electron chi connectivity index (χ3n) is 15.9. The molecule has 466 valence electrons. The summed E-state index contributed by atoms with van der Waals surface area (Å²) in [6.45, 7) is 11.7. The number of nitrogens with zero attached hydrogens (tertiary/aromatic N) is 6. The van der Waals surface area contributed by atoms with Gasteiger partial charge in [-0.2, -0.15) is 29.5 Å². The van der Waals surface area contributed by atoms with Crippen molar-refractivity contribution in [3.05, 3.63) is 196 Å². The van der Waals surface area contributed by atoms with Crippen LogP contribution in [0.1, 0.15) is 66.3 Å². The monoisotopic (exact) mass is 1460 g/mol. The summed E-state index contributed by atoms with van der Waals surface area (Å²) in [4.78, 5) is 36.4. The van der Waals surface area contributed by atoms with Crippen molar-refractivity contribution in [3.8, 4) is 38.8 Å². The van der Waals surface area contributed by atoms with Gasteiger partial charge in [-0.05, 0) is 93.4 Å². The molecule has 21 nitrogen and oxygen atoms in total. The van der Waals surface area contributed by atoms with Crippen molar-refractivity contribution in [1.82, 2.24) is 43.5 Å². The maximum absolute atomic E-state index is 13.2. The summed E-state index contributed by atoms with van der Waals surface area (Å²) in [5, 5.41) is 44.1. The lowest BCUT2D eigenvalue weighted by Gasteiger charge is -2.15. The standard InChI is InChI=1S/C23H25N3O4S2Si.C20H17N3O4S2.C18H16IN3O4S2/c1-16-21(18-8-6-5-7-9-18)23(16,22(27)28)25-32(29,30)20-11-10-19(31-20)26-15-17(14-24-26)12-13-33(2,3)4;1-3-14-11-21-23(12-14)16-9-10-17(28-16)29(26,27)22-20(19(24)25)13(2)18(20)15-7-5-4-6-8-15;1-11-16(12-5-3-2-4-6-12)18(11,17(23)24)21-28(25,26)15-8-7-14(27-15)22-10-13(19)9-20-22/h5-11,14-16,21,25H,1-4H3,(H,27,28);1,4-13,18,22H,2H3,(H,24,25);2-11,16,21H,1H3,(H,23,24)/t16-,21?,23-;13-,18?,20-;11-,16?,18-/m000/s1. The molecule has 90 heavy (non-hydrogen) atoms. The van der Waals surface area contributed by atoms with E-state index in [0.29, 0.717) is 20.6 Å². The first kappa shape index (κ1) is 65.5. The lowest BCUT2D eigenvalue weighted by atomic mass is 10.1. The van der Waals surface area contributed by atoms with E-state index in [1.807, 2.05) is 91.0 Å². The molecule has 3 aliphatic carbocycles. The molecule has 9 aromatic rings. The smallest absolute Gasteiger partial charge is 0.325 e. The maximum Gasteiger partial charge on any atom is 0.325 e. The van der Waals surface area contributed by atoms with E-state index in [1.54, 1.807) is 79.3 Å². The van der Waals surface area contributed by atoms with Crippen LogP contribution in [0.4, 0.5) is 0 Å². The van der Waals surface area contributed by atoms with Crippen LogP contribution in [0.5, 0.6) is 0 Å². The second-order valence-corrected chi connectivity index (χ2v) is 37.7. The molecule has 0 bridgehead atoms. The van der Waals surface area contributed by atoms with E-state index in [9.17, 15) is 55.0 Å². The van der Waals surface area contributed by atoms with Gasteiger partial charge in [-0.1, -0.05) is 143 Å². The minimum absolute atomic E-state index is 0.0109. The van der Waals surface area contributed by atoms with Gasteiger partial charge in [0.2, 0.25) is 0 Å². The van der Waals surface area contributed by atoms with Crippen LogP contribution in [-0.2, 0) is 44.5 Å². The zero-order valence-electron chi connectivity index (χ0n) is 48.7. The quantitative estimate of drug-likeness (QED) is 0.0265. The highest BCUT2D eigenvalue weighted by Crippen LogP contribution is 2.60. The molecule has 0 amide bonds. The highest BCUT2D eigenvalue weighted by Gasteiger charge is 2.72. The molecule has 6 aromatic heterocycles. The van der Waals surface area contributed by atoms with E-state index < -0.39 is 90.4 Å². The van der Waals surface area contributed by atoms with Crippen LogP contribution in [0.15, 0.2) is 177 Å². The summed E-state index contributed by atoms with van der Waals surface area (Å²) in [6, 6.07) is 36.6. The Morgan fingerprint density at radius 3 is 1.11 bits per heavy atom. The van der Waals surface area contributed by atoms with Crippen LogP contribution >= 0.6 is 56.6 Å². The number of carboxylic acids is 3. The van der Waals surface area contributed by atoms with Crippen LogP contribution in [0.25, 0.3) is 15.0 Å². The summed E-state index contributed by atoms with van der Waals surface area (Å²) < 4.78 is 91.4. The Hall–Kier alpha value is -7.40. The Morgan fingerprint density at radius 2 is 0.822 bits per heavy atom.